The number of nitrogens with zero attached hydrogens (tertiary/aromatic N) is 3. The molecule has 2 aliphatic rings. The molecule has 2 fully saturated rings. The summed E-state index contributed by atoms with van der Waals surface area (Å²) in [6, 6.07) is 3.12. The Hall–Kier alpha value is -2.15. The number of carbonyl (C=O) groups is 2. The quantitative estimate of drug-likeness (QED) is 0.865. The molecule has 0 amide bonds. The standard InChI is InChI=1S/C17H23N3O4/c1-11-4-5-12(15(21)22)14(18-11)20-9-7-17(16(23)24)6-3-8-19(2)13(17)10-20/h4-5,13H,3,6-10H2,1-2H3,(H,21,22)(H,23,24)/t13-,17+/m1/s1. The Kier molecular flexibility index (Phi) is 4.21. The van der Waals surface area contributed by atoms with E-state index >= 15 is 0 Å². The van der Waals surface area contributed by atoms with Gasteiger partial charge in [0.1, 0.15) is 11.4 Å². The van der Waals surface area contributed by atoms with E-state index in [9.17, 15) is 19.8 Å². The van der Waals surface area contributed by atoms with Gasteiger partial charge in [0.05, 0.1) is 5.41 Å². The molecule has 0 unspecified atom stereocenters. The molecule has 1 aromatic heterocycles. The van der Waals surface area contributed by atoms with Crippen LogP contribution in [0.15, 0.2) is 12.1 Å². The van der Waals surface area contributed by atoms with Gasteiger partial charge in [0.2, 0.25) is 0 Å². The van der Waals surface area contributed by atoms with Crippen molar-refractivity contribution in [2.45, 2.75) is 32.2 Å². The van der Waals surface area contributed by atoms with E-state index in [1.54, 1.807) is 12.1 Å². The lowest BCUT2D eigenvalue weighted by atomic mass is 9.68. The van der Waals surface area contributed by atoms with Crippen LogP contribution in [0.4, 0.5) is 5.82 Å². The monoisotopic (exact) mass is 333 g/mol. The fraction of sp³-hybridized carbons (Fsp3) is 0.588. The first-order chi connectivity index (χ1) is 11.3. The van der Waals surface area contributed by atoms with Crippen molar-refractivity contribution in [2.24, 2.45) is 5.41 Å². The molecule has 0 aromatic carbocycles. The molecular weight excluding hydrogens is 310 g/mol. The number of hydrogen-bond acceptors (Lipinski definition) is 5. The number of aromatic carboxylic acids is 1. The van der Waals surface area contributed by atoms with Crippen molar-refractivity contribution < 1.29 is 19.8 Å². The number of aliphatic carboxylic acids is 1. The van der Waals surface area contributed by atoms with Crippen molar-refractivity contribution in [1.29, 1.82) is 0 Å². The van der Waals surface area contributed by atoms with Gasteiger partial charge in [-0.25, -0.2) is 9.78 Å². The molecule has 24 heavy (non-hydrogen) atoms. The molecular formula is C17H23N3O4. The van der Waals surface area contributed by atoms with Crippen molar-refractivity contribution in [3.63, 3.8) is 0 Å². The highest BCUT2D eigenvalue weighted by Crippen LogP contribution is 2.43. The molecule has 3 rings (SSSR count). The van der Waals surface area contributed by atoms with Crippen molar-refractivity contribution >= 4 is 17.8 Å². The summed E-state index contributed by atoms with van der Waals surface area (Å²) < 4.78 is 0. The number of aromatic nitrogens is 1. The summed E-state index contributed by atoms with van der Waals surface area (Å²) in [5.41, 5.74) is 0.181. The number of carboxylic acids is 2. The third kappa shape index (κ3) is 2.62. The number of hydrogen-bond donors (Lipinski definition) is 2. The van der Waals surface area contributed by atoms with Crippen molar-refractivity contribution in [2.75, 3.05) is 31.6 Å². The van der Waals surface area contributed by atoms with E-state index in [1.165, 1.54) is 0 Å². The molecule has 2 N–H and O–H groups in total. The number of piperidine rings is 2. The summed E-state index contributed by atoms with van der Waals surface area (Å²) in [4.78, 5) is 32.0. The Morgan fingerprint density at radius 1 is 1.25 bits per heavy atom. The van der Waals surface area contributed by atoms with Crippen LogP contribution in [0.1, 0.15) is 35.3 Å². The van der Waals surface area contributed by atoms with Crippen LogP contribution in [0, 0.1) is 12.3 Å². The molecule has 0 aliphatic carbocycles. The van der Waals surface area contributed by atoms with Gasteiger partial charge in [-0.15, -0.1) is 0 Å². The van der Waals surface area contributed by atoms with E-state index in [0.717, 1.165) is 18.7 Å². The number of fused-ring (bicyclic) bond motifs is 1. The third-order valence-corrected chi connectivity index (χ3v) is 5.50. The fourth-order valence-electron chi connectivity index (χ4n) is 4.13. The van der Waals surface area contributed by atoms with Gasteiger partial charge in [-0.05, 0) is 51.9 Å². The largest absolute Gasteiger partial charge is 0.481 e. The van der Waals surface area contributed by atoms with E-state index in [2.05, 4.69) is 9.88 Å². The predicted molar refractivity (Wildman–Crippen MR) is 88.5 cm³/mol. The zero-order valence-electron chi connectivity index (χ0n) is 14.0. The molecule has 2 saturated heterocycles. The molecule has 1 aromatic rings. The topological polar surface area (TPSA) is 94.0 Å². The summed E-state index contributed by atoms with van der Waals surface area (Å²) in [7, 11) is 1.95. The average molecular weight is 333 g/mol. The third-order valence-electron chi connectivity index (χ3n) is 5.50. The van der Waals surface area contributed by atoms with Crippen LogP contribution < -0.4 is 4.90 Å². The number of likely N-dealkylation sites (N-methyl/N-ethyl adjacent to an activating group) is 1. The molecule has 7 heteroatoms. The zero-order chi connectivity index (χ0) is 17.5. The second-order valence-electron chi connectivity index (χ2n) is 6.89. The van der Waals surface area contributed by atoms with Crippen LogP contribution in [0.5, 0.6) is 0 Å². The second kappa shape index (κ2) is 6.05. The van der Waals surface area contributed by atoms with Gasteiger partial charge < -0.3 is 20.0 Å². The maximum Gasteiger partial charge on any atom is 0.339 e. The Morgan fingerprint density at radius 2 is 2.00 bits per heavy atom. The van der Waals surface area contributed by atoms with Crippen molar-refractivity contribution in [3.05, 3.63) is 23.4 Å². The van der Waals surface area contributed by atoms with Crippen LogP contribution in [-0.2, 0) is 4.79 Å². The second-order valence-corrected chi connectivity index (χ2v) is 6.89. The predicted octanol–water partition coefficient (Wildman–Crippen LogP) is 1.46. The molecule has 2 atom stereocenters. The summed E-state index contributed by atoms with van der Waals surface area (Å²) in [5, 5.41) is 19.3. The van der Waals surface area contributed by atoms with E-state index < -0.39 is 17.4 Å². The minimum atomic E-state index is -1.01. The highest BCUT2D eigenvalue weighted by Gasteiger charge is 2.52. The average Bonchev–Trinajstić information content (AvgIpc) is 2.54. The lowest BCUT2D eigenvalue weighted by molar-refractivity contribution is -0.158. The van der Waals surface area contributed by atoms with E-state index in [0.29, 0.717) is 31.7 Å². The summed E-state index contributed by atoms with van der Waals surface area (Å²) in [6.45, 7) is 3.68. The van der Waals surface area contributed by atoms with Crippen LogP contribution in [0.3, 0.4) is 0 Å². The van der Waals surface area contributed by atoms with Gasteiger partial charge in [0.15, 0.2) is 0 Å². The van der Waals surface area contributed by atoms with E-state index in [1.807, 2.05) is 18.9 Å². The summed E-state index contributed by atoms with van der Waals surface area (Å²) in [5.74, 6) is -1.31. The minimum absolute atomic E-state index is 0.138. The molecule has 130 valence electrons. The van der Waals surface area contributed by atoms with Crippen molar-refractivity contribution in [3.8, 4) is 0 Å². The maximum absolute atomic E-state index is 12.0. The number of carboxylic acid groups (broad SMARTS) is 2. The Balaban J connectivity index is 1.96. The Morgan fingerprint density at radius 3 is 2.67 bits per heavy atom. The van der Waals surface area contributed by atoms with Gasteiger partial charge in [0.25, 0.3) is 0 Å². The number of rotatable bonds is 3. The number of anilines is 1. The van der Waals surface area contributed by atoms with Crippen molar-refractivity contribution in [1.82, 2.24) is 9.88 Å². The van der Waals surface area contributed by atoms with Crippen LogP contribution in [0.25, 0.3) is 0 Å². The van der Waals surface area contributed by atoms with Crippen LogP contribution in [0.2, 0.25) is 0 Å². The normalized spacial score (nSPS) is 27.6. The minimum Gasteiger partial charge on any atom is -0.481 e. The van der Waals surface area contributed by atoms with Gasteiger partial charge in [0, 0.05) is 24.8 Å². The highest BCUT2D eigenvalue weighted by atomic mass is 16.4. The number of pyridine rings is 1. The molecule has 7 nitrogen and oxygen atoms in total. The molecule has 0 radical (unpaired) electrons. The smallest absolute Gasteiger partial charge is 0.339 e. The van der Waals surface area contributed by atoms with Gasteiger partial charge in [-0.1, -0.05) is 0 Å². The zero-order valence-corrected chi connectivity index (χ0v) is 14.0. The van der Waals surface area contributed by atoms with Crippen LogP contribution in [-0.4, -0.2) is 64.8 Å². The van der Waals surface area contributed by atoms with E-state index in [-0.39, 0.29) is 11.6 Å². The Bertz CT molecular complexity index is 678. The number of aryl methyl sites for hydroxylation is 1. The van der Waals surface area contributed by atoms with Gasteiger partial charge in [-0.3, -0.25) is 4.79 Å². The lowest BCUT2D eigenvalue weighted by Crippen LogP contribution is -2.63. The molecule has 0 saturated carbocycles. The fourth-order valence-corrected chi connectivity index (χ4v) is 4.13. The Labute approximate surface area is 140 Å². The first kappa shape index (κ1) is 16.7. The van der Waals surface area contributed by atoms with Gasteiger partial charge >= 0.3 is 11.9 Å². The van der Waals surface area contributed by atoms with Crippen LogP contribution >= 0.6 is 0 Å². The maximum atomic E-state index is 12.0. The summed E-state index contributed by atoms with van der Waals surface area (Å²) in [6.07, 6.45) is 2.06. The molecule has 0 spiro atoms. The highest BCUT2D eigenvalue weighted by molar-refractivity contribution is 5.93. The SMILES string of the molecule is Cc1ccc(C(=O)O)c(N2CC[C@@]3(C(=O)O)CCCN(C)[C@@H]3C2)n1. The molecule has 2 aliphatic heterocycles. The number of likely N-dealkylation sites (tertiary alicyclic amines) is 1. The first-order valence-corrected chi connectivity index (χ1v) is 8.25. The molecule has 0 bridgehead atoms. The van der Waals surface area contributed by atoms with E-state index in [4.69, 9.17) is 0 Å². The van der Waals surface area contributed by atoms with Gasteiger partial charge in [-0.2, -0.15) is 0 Å². The molecule has 3 heterocycles. The summed E-state index contributed by atoms with van der Waals surface area (Å²) >= 11 is 0. The first-order valence-electron chi connectivity index (χ1n) is 8.25. The lowest BCUT2D eigenvalue weighted by Gasteiger charge is -2.52.